The van der Waals surface area contributed by atoms with Crippen LogP contribution in [0.3, 0.4) is 0 Å². The van der Waals surface area contributed by atoms with Crippen molar-refractivity contribution in [3.63, 3.8) is 0 Å². The summed E-state index contributed by atoms with van der Waals surface area (Å²) in [5.74, 6) is 1.93. The molecule has 0 saturated carbocycles. The smallest absolute Gasteiger partial charge is 0.132 e. The fourth-order valence-electron chi connectivity index (χ4n) is 2.63. The molecule has 4 rings (SSSR count). The van der Waals surface area contributed by atoms with E-state index in [2.05, 4.69) is 54.6 Å². The summed E-state index contributed by atoms with van der Waals surface area (Å²) in [4.78, 5) is 1.27. The maximum Gasteiger partial charge on any atom is 0.132 e. The Morgan fingerprint density at radius 2 is 1.14 bits per heavy atom. The molecule has 1 nitrogen and oxygen atoms in total. The summed E-state index contributed by atoms with van der Waals surface area (Å²) in [7, 11) is 0. The zero-order valence-electron chi connectivity index (χ0n) is 11.4. The van der Waals surface area contributed by atoms with E-state index < -0.39 is 0 Å². The quantitative estimate of drug-likeness (QED) is 0.601. The van der Waals surface area contributed by atoms with E-state index in [0.29, 0.717) is 0 Å². The number of benzene rings is 3. The van der Waals surface area contributed by atoms with Crippen LogP contribution in [0.1, 0.15) is 16.4 Å². The zero-order chi connectivity index (χ0) is 14.1. The van der Waals surface area contributed by atoms with Crippen LogP contribution < -0.4 is 4.74 Å². The lowest BCUT2D eigenvalue weighted by atomic mass is 10.00. The van der Waals surface area contributed by atoms with E-state index in [1.807, 2.05) is 36.0 Å². The minimum atomic E-state index is 0.272. The monoisotopic (exact) mass is 290 g/mol. The second kappa shape index (κ2) is 5.30. The second-order valence-electron chi connectivity index (χ2n) is 4.99. The number of thioether (sulfide) groups is 1. The molecular weight excluding hydrogens is 276 g/mol. The summed E-state index contributed by atoms with van der Waals surface area (Å²) in [6.07, 6.45) is 0. The van der Waals surface area contributed by atoms with Crippen LogP contribution in [-0.4, -0.2) is 0 Å². The summed E-state index contributed by atoms with van der Waals surface area (Å²) in [5, 5.41) is 0.272. The third kappa shape index (κ3) is 2.32. The first-order valence-electron chi connectivity index (χ1n) is 6.99. The summed E-state index contributed by atoms with van der Waals surface area (Å²) in [6.45, 7) is 0. The SMILES string of the molecule is c1ccc(SC2c3ccccc3Oc3ccccc32)cc1. The Morgan fingerprint density at radius 1 is 0.619 bits per heavy atom. The molecule has 3 aromatic carbocycles. The maximum absolute atomic E-state index is 6.03. The highest BCUT2D eigenvalue weighted by molar-refractivity contribution is 7.99. The fourth-order valence-corrected chi connectivity index (χ4v) is 3.86. The van der Waals surface area contributed by atoms with Gasteiger partial charge in [-0.2, -0.15) is 0 Å². The molecule has 21 heavy (non-hydrogen) atoms. The third-order valence-electron chi connectivity index (χ3n) is 3.62. The Morgan fingerprint density at radius 3 is 1.76 bits per heavy atom. The average Bonchev–Trinajstić information content (AvgIpc) is 2.55. The Labute approximate surface area is 128 Å². The van der Waals surface area contributed by atoms with Gasteiger partial charge < -0.3 is 4.74 Å². The van der Waals surface area contributed by atoms with Gasteiger partial charge in [0.05, 0.1) is 5.25 Å². The van der Waals surface area contributed by atoms with Crippen molar-refractivity contribution in [2.45, 2.75) is 10.1 Å². The molecule has 0 radical (unpaired) electrons. The molecule has 3 aromatic rings. The lowest BCUT2D eigenvalue weighted by molar-refractivity contribution is 0.459. The molecule has 1 heterocycles. The summed E-state index contributed by atoms with van der Waals surface area (Å²) >= 11 is 1.87. The Bertz CT molecular complexity index is 722. The molecule has 0 unspecified atom stereocenters. The summed E-state index contributed by atoms with van der Waals surface area (Å²) in [5.41, 5.74) is 2.48. The van der Waals surface area contributed by atoms with Crippen molar-refractivity contribution in [3.8, 4) is 11.5 Å². The second-order valence-corrected chi connectivity index (χ2v) is 6.17. The van der Waals surface area contributed by atoms with E-state index in [1.54, 1.807) is 0 Å². The van der Waals surface area contributed by atoms with E-state index >= 15 is 0 Å². The van der Waals surface area contributed by atoms with Gasteiger partial charge in [-0.1, -0.05) is 54.6 Å². The molecule has 1 aliphatic rings. The Hall–Kier alpha value is -2.19. The van der Waals surface area contributed by atoms with E-state index in [0.717, 1.165) is 11.5 Å². The van der Waals surface area contributed by atoms with Crippen LogP contribution >= 0.6 is 11.8 Å². The molecule has 0 N–H and O–H groups in total. The molecule has 0 aromatic heterocycles. The molecular formula is C19H14OS. The minimum Gasteiger partial charge on any atom is -0.457 e. The van der Waals surface area contributed by atoms with Gasteiger partial charge in [-0.25, -0.2) is 0 Å². The van der Waals surface area contributed by atoms with E-state index in [-0.39, 0.29) is 5.25 Å². The van der Waals surface area contributed by atoms with Crippen molar-refractivity contribution in [2.24, 2.45) is 0 Å². The standard InChI is InChI=1S/C19H14OS/c1-2-8-14(9-3-1)21-19-15-10-4-6-12-17(15)20-18-13-7-5-11-16(18)19/h1-13,19H. The van der Waals surface area contributed by atoms with Gasteiger partial charge in [-0.05, 0) is 24.3 Å². The first-order valence-corrected chi connectivity index (χ1v) is 7.87. The molecule has 0 spiro atoms. The van der Waals surface area contributed by atoms with Gasteiger partial charge >= 0.3 is 0 Å². The van der Waals surface area contributed by atoms with Gasteiger partial charge in [0.1, 0.15) is 11.5 Å². The summed E-state index contributed by atoms with van der Waals surface area (Å²) < 4.78 is 6.03. The third-order valence-corrected chi connectivity index (χ3v) is 4.91. The summed E-state index contributed by atoms with van der Waals surface area (Å²) in [6, 6.07) is 27.1. The van der Waals surface area contributed by atoms with Crippen molar-refractivity contribution < 1.29 is 4.74 Å². The molecule has 1 aliphatic heterocycles. The van der Waals surface area contributed by atoms with Crippen LogP contribution in [0.5, 0.6) is 11.5 Å². The van der Waals surface area contributed by atoms with Gasteiger partial charge in [0, 0.05) is 16.0 Å². The minimum absolute atomic E-state index is 0.272. The number of hydrogen-bond donors (Lipinski definition) is 0. The number of para-hydroxylation sites is 2. The van der Waals surface area contributed by atoms with Gasteiger partial charge in [-0.3, -0.25) is 0 Å². The maximum atomic E-state index is 6.03. The van der Waals surface area contributed by atoms with Gasteiger partial charge in [0.2, 0.25) is 0 Å². The predicted octanol–water partition coefficient (Wildman–Crippen LogP) is 5.67. The van der Waals surface area contributed by atoms with Crippen molar-refractivity contribution in [1.82, 2.24) is 0 Å². The van der Waals surface area contributed by atoms with Crippen LogP contribution in [0.4, 0.5) is 0 Å². The molecule has 0 saturated heterocycles. The molecule has 102 valence electrons. The highest BCUT2D eigenvalue weighted by Crippen LogP contribution is 2.51. The first-order chi connectivity index (χ1) is 10.4. The lowest BCUT2D eigenvalue weighted by Gasteiger charge is -2.27. The molecule has 0 amide bonds. The first kappa shape index (κ1) is 12.5. The topological polar surface area (TPSA) is 9.23 Å². The van der Waals surface area contributed by atoms with Crippen molar-refractivity contribution >= 4 is 11.8 Å². The highest BCUT2D eigenvalue weighted by atomic mass is 32.2. The zero-order valence-corrected chi connectivity index (χ0v) is 12.2. The lowest BCUT2D eigenvalue weighted by Crippen LogP contribution is -2.07. The van der Waals surface area contributed by atoms with E-state index in [9.17, 15) is 0 Å². The van der Waals surface area contributed by atoms with Crippen molar-refractivity contribution in [2.75, 3.05) is 0 Å². The Kier molecular flexibility index (Phi) is 3.17. The van der Waals surface area contributed by atoms with E-state index in [1.165, 1.54) is 16.0 Å². The molecule has 0 bridgehead atoms. The van der Waals surface area contributed by atoms with Crippen LogP contribution in [0.15, 0.2) is 83.8 Å². The van der Waals surface area contributed by atoms with Crippen LogP contribution in [0.25, 0.3) is 0 Å². The fraction of sp³-hybridized carbons (Fsp3) is 0.0526. The van der Waals surface area contributed by atoms with E-state index in [4.69, 9.17) is 4.74 Å². The normalized spacial score (nSPS) is 13.1. The number of hydrogen-bond acceptors (Lipinski definition) is 2. The Balaban J connectivity index is 1.82. The van der Waals surface area contributed by atoms with Crippen molar-refractivity contribution in [1.29, 1.82) is 0 Å². The highest BCUT2D eigenvalue weighted by Gasteiger charge is 2.27. The van der Waals surface area contributed by atoms with Gasteiger partial charge in [-0.15, -0.1) is 11.8 Å². The molecule has 2 heteroatoms. The van der Waals surface area contributed by atoms with Crippen LogP contribution in [-0.2, 0) is 0 Å². The number of ether oxygens (including phenoxy) is 1. The number of rotatable bonds is 2. The van der Waals surface area contributed by atoms with Crippen LogP contribution in [0.2, 0.25) is 0 Å². The molecule has 0 fully saturated rings. The largest absolute Gasteiger partial charge is 0.457 e. The van der Waals surface area contributed by atoms with Gasteiger partial charge in [0.25, 0.3) is 0 Å². The average molecular weight is 290 g/mol. The van der Waals surface area contributed by atoms with Crippen LogP contribution in [0, 0.1) is 0 Å². The van der Waals surface area contributed by atoms with Crippen molar-refractivity contribution in [3.05, 3.63) is 90.0 Å². The molecule has 0 aliphatic carbocycles. The molecule has 0 atom stereocenters. The van der Waals surface area contributed by atoms with Gasteiger partial charge in [0.15, 0.2) is 0 Å². The predicted molar refractivity (Wildman–Crippen MR) is 87.1 cm³/mol. The number of fused-ring (bicyclic) bond motifs is 2.